The van der Waals surface area contributed by atoms with Crippen LogP contribution in [0.1, 0.15) is 6.92 Å². The molecule has 0 amide bonds. The van der Waals surface area contributed by atoms with Crippen LogP contribution in [0.3, 0.4) is 0 Å². The fourth-order valence-corrected chi connectivity index (χ4v) is 3.29. The molecule has 0 bridgehead atoms. The monoisotopic (exact) mass is 439 g/mol. The van der Waals surface area contributed by atoms with Gasteiger partial charge in [-0.2, -0.15) is 0 Å². The van der Waals surface area contributed by atoms with E-state index in [9.17, 15) is 17.2 Å². The Hall–Kier alpha value is -1.52. The molecule has 1 aromatic carbocycles. The molecule has 8 nitrogen and oxygen atoms in total. The van der Waals surface area contributed by atoms with E-state index < -0.39 is 21.2 Å². The molecular formula is C13H15N2O6S2Se+. The van der Waals surface area contributed by atoms with Crippen LogP contribution in [0.25, 0.3) is 11.1 Å². The van der Waals surface area contributed by atoms with E-state index in [4.69, 9.17) is 9.12 Å². The molecule has 1 aromatic heterocycles. The Bertz CT molecular complexity index is 942. The minimum atomic E-state index is -4.32. The molecule has 0 spiro atoms. The van der Waals surface area contributed by atoms with Crippen molar-refractivity contribution in [3.05, 3.63) is 41.0 Å². The summed E-state index contributed by atoms with van der Waals surface area (Å²) >= 11 is 1.20. The fraction of sp³-hybridized carbons (Fsp3) is 0.231. The second-order valence-electron chi connectivity index (χ2n) is 4.50. The number of hydrogen-bond acceptors (Lipinski definition) is 5. The van der Waals surface area contributed by atoms with Crippen LogP contribution >= 0.6 is 0 Å². The molecule has 1 unspecified atom stereocenters. The summed E-state index contributed by atoms with van der Waals surface area (Å²) in [5.74, 6) is 0.294. The average molecular weight is 438 g/mol. The van der Waals surface area contributed by atoms with Crippen LogP contribution in [-0.2, 0) is 21.2 Å². The minimum absolute atomic E-state index is 0.235. The van der Waals surface area contributed by atoms with Gasteiger partial charge in [0, 0.05) is 0 Å². The fourth-order valence-electron chi connectivity index (χ4n) is 1.81. The van der Waals surface area contributed by atoms with E-state index in [-0.39, 0.29) is 4.90 Å². The summed E-state index contributed by atoms with van der Waals surface area (Å²) in [5, 5.41) is 0. The van der Waals surface area contributed by atoms with Gasteiger partial charge in [0.15, 0.2) is 0 Å². The van der Waals surface area contributed by atoms with Crippen LogP contribution in [0, 0.1) is 4.32 Å². The molecule has 0 radical (unpaired) electrons. The second-order valence-corrected chi connectivity index (χ2v) is 8.02. The first-order valence-electron chi connectivity index (χ1n) is 6.64. The van der Waals surface area contributed by atoms with Crippen molar-refractivity contribution in [1.82, 2.24) is 4.73 Å². The molecule has 0 fully saturated rings. The summed E-state index contributed by atoms with van der Waals surface area (Å²) in [6, 6.07) is 5.74. The Kier molecular flexibility index (Phi) is 5.94. The molecule has 1 heterocycles. The molecule has 0 saturated carbocycles. The van der Waals surface area contributed by atoms with Crippen molar-refractivity contribution < 1.29 is 31.0 Å². The van der Waals surface area contributed by atoms with Gasteiger partial charge >= 0.3 is 149 Å². The van der Waals surface area contributed by atoms with Crippen LogP contribution in [0.15, 0.2) is 41.6 Å². The first-order valence-corrected chi connectivity index (χ1v) is 10.2. The molecule has 2 rings (SSSR count). The second kappa shape index (κ2) is 7.58. The van der Waals surface area contributed by atoms with Gasteiger partial charge in [0.2, 0.25) is 0 Å². The summed E-state index contributed by atoms with van der Waals surface area (Å²) in [6.45, 7) is 1.71. The van der Waals surface area contributed by atoms with Gasteiger partial charge in [-0.25, -0.2) is 0 Å². The molecule has 0 aliphatic rings. The topological polar surface area (TPSA) is 98.7 Å². The van der Waals surface area contributed by atoms with E-state index in [0.29, 0.717) is 21.2 Å². The van der Waals surface area contributed by atoms with E-state index in [1.54, 1.807) is 19.2 Å². The maximum absolute atomic E-state index is 11.7. The van der Waals surface area contributed by atoms with Crippen molar-refractivity contribution in [2.24, 2.45) is 0 Å². The van der Waals surface area contributed by atoms with Gasteiger partial charge in [-0.05, 0) is 0 Å². The third kappa shape index (κ3) is 4.31. The molecule has 1 N–H and O–H groups in total. The molecule has 0 aliphatic heterocycles. The summed E-state index contributed by atoms with van der Waals surface area (Å²) in [5.41, 5.74) is 1.02. The Morgan fingerprint density at radius 2 is 2.08 bits per heavy atom. The molecule has 0 aliphatic carbocycles. The van der Waals surface area contributed by atoms with Crippen molar-refractivity contribution in [2.75, 3.05) is 12.9 Å². The van der Waals surface area contributed by atoms with Crippen molar-refractivity contribution in [1.29, 1.82) is 0 Å². The van der Waals surface area contributed by atoms with Crippen LogP contribution < -0.4 is 13.9 Å². The number of hydrogen-bond donors (Lipinski definition) is 1. The van der Waals surface area contributed by atoms with E-state index >= 15 is 0 Å². The number of nitrogens with zero attached hydrogens (tertiary/aromatic N) is 2. The number of aromatic nitrogens is 2. The van der Waals surface area contributed by atoms with Gasteiger partial charge in [0.1, 0.15) is 0 Å². The molecule has 2 aromatic rings. The summed E-state index contributed by atoms with van der Waals surface area (Å²) in [7, 11) is -2.89. The van der Waals surface area contributed by atoms with Gasteiger partial charge in [0.05, 0.1) is 0 Å². The van der Waals surface area contributed by atoms with Gasteiger partial charge in [0.25, 0.3) is 0 Å². The normalized spacial score (nSPS) is 12.6. The Balaban J connectivity index is 2.61. The first kappa shape index (κ1) is 18.8. The summed E-state index contributed by atoms with van der Waals surface area (Å²) < 4.78 is 51.7. The number of benzene rings is 1. The van der Waals surface area contributed by atoms with Crippen molar-refractivity contribution >= 4 is 36.8 Å². The quantitative estimate of drug-likeness (QED) is 0.373. The standard InChI is InChI=1S/C13H14N2O6S2Se/c1-3-22(16)21-15-9-11(8-14(20-2)13(15)24)10-5-4-6-12(7-10)23(17,18)19/h4-9H,3H2,1-2H3/p+1. The summed E-state index contributed by atoms with van der Waals surface area (Å²) in [6.07, 6.45) is 3.11. The Labute approximate surface area is 149 Å². The van der Waals surface area contributed by atoms with Crippen LogP contribution in [-0.4, -0.2) is 50.3 Å². The van der Waals surface area contributed by atoms with Crippen molar-refractivity contribution in [3.8, 4) is 11.1 Å². The Morgan fingerprint density at radius 3 is 2.67 bits per heavy atom. The van der Waals surface area contributed by atoms with E-state index in [1.165, 1.54) is 41.0 Å². The zero-order chi connectivity index (χ0) is 17.9. The van der Waals surface area contributed by atoms with E-state index in [0.717, 1.165) is 0 Å². The zero-order valence-electron chi connectivity index (χ0n) is 12.8. The molecule has 1 atom stereocenters. The van der Waals surface area contributed by atoms with Crippen LogP contribution in [0.5, 0.6) is 0 Å². The zero-order valence-corrected chi connectivity index (χ0v) is 16.1. The SMILES string of the molecule is CCS(=O)O[n+]1cc(-c2cccc(S(=O)(=O)O)c2)cn(OC)c1=[Se]. The third-order valence-corrected chi connectivity index (χ3v) is 5.35. The average Bonchev–Trinajstić information content (AvgIpc) is 2.55. The van der Waals surface area contributed by atoms with Gasteiger partial charge < -0.3 is 0 Å². The first-order chi connectivity index (χ1) is 11.3. The van der Waals surface area contributed by atoms with Gasteiger partial charge in [-0.1, -0.05) is 0 Å². The molecule has 130 valence electrons. The predicted octanol–water partition coefficient (Wildman–Crippen LogP) is -0.440. The van der Waals surface area contributed by atoms with Crippen molar-refractivity contribution in [2.45, 2.75) is 11.8 Å². The van der Waals surface area contributed by atoms with Gasteiger partial charge in [-0.15, -0.1) is 0 Å². The molecule has 24 heavy (non-hydrogen) atoms. The molecular weight excluding hydrogens is 423 g/mol. The maximum atomic E-state index is 11.7. The molecule has 11 heteroatoms. The third-order valence-electron chi connectivity index (χ3n) is 2.95. The predicted molar refractivity (Wildman–Crippen MR) is 86.6 cm³/mol. The molecule has 0 saturated heterocycles. The summed E-state index contributed by atoms with van der Waals surface area (Å²) in [4.78, 5) is 4.94. The van der Waals surface area contributed by atoms with Crippen molar-refractivity contribution in [3.63, 3.8) is 0 Å². The van der Waals surface area contributed by atoms with Crippen LogP contribution in [0.4, 0.5) is 0 Å². The number of rotatable bonds is 6. The van der Waals surface area contributed by atoms with E-state index in [2.05, 4.69) is 15.6 Å². The Morgan fingerprint density at radius 1 is 1.38 bits per heavy atom. The van der Waals surface area contributed by atoms with Crippen LogP contribution in [0.2, 0.25) is 0 Å². The van der Waals surface area contributed by atoms with E-state index in [1.807, 2.05) is 0 Å². The van der Waals surface area contributed by atoms with Gasteiger partial charge in [-0.3, -0.25) is 0 Å².